The van der Waals surface area contributed by atoms with Crippen LogP contribution in [-0.4, -0.2) is 78.8 Å². The number of piperazine rings is 1. The highest BCUT2D eigenvalue weighted by molar-refractivity contribution is 7.93. The fourth-order valence-corrected chi connectivity index (χ4v) is 8.06. The first-order chi connectivity index (χ1) is 22.7. The monoisotopic (exact) mass is 655 g/mol. The van der Waals surface area contributed by atoms with Gasteiger partial charge in [0.2, 0.25) is 0 Å². The third-order valence-corrected chi connectivity index (χ3v) is 10.4. The molecule has 2 aliphatic heterocycles. The van der Waals surface area contributed by atoms with Crippen LogP contribution in [-0.2, 0) is 20.4 Å². The van der Waals surface area contributed by atoms with Gasteiger partial charge in [0, 0.05) is 61.5 Å². The van der Waals surface area contributed by atoms with Crippen molar-refractivity contribution in [1.82, 2.24) is 9.88 Å². The molecule has 0 radical (unpaired) electrons. The molecule has 12 nitrogen and oxygen atoms in total. The van der Waals surface area contributed by atoms with E-state index in [0.29, 0.717) is 54.6 Å². The van der Waals surface area contributed by atoms with E-state index < -0.39 is 21.5 Å². The summed E-state index contributed by atoms with van der Waals surface area (Å²) in [5, 5.41) is 9.99. The summed E-state index contributed by atoms with van der Waals surface area (Å²) in [6.07, 6.45) is 3.45. The van der Waals surface area contributed by atoms with Crippen LogP contribution in [0.3, 0.4) is 0 Å². The molecule has 0 N–H and O–H groups in total. The van der Waals surface area contributed by atoms with Gasteiger partial charge in [-0.1, -0.05) is 0 Å². The molecule has 47 heavy (non-hydrogen) atoms. The zero-order valence-electron chi connectivity index (χ0n) is 26.3. The Hall–Kier alpha value is -5.32. The molecule has 13 heteroatoms. The van der Waals surface area contributed by atoms with Crippen LogP contribution in [0.4, 0.5) is 11.4 Å². The Morgan fingerprint density at radius 1 is 0.766 bits per heavy atom. The van der Waals surface area contributed by atoms with Crippen molar-refractivity contribution in [3.63, 3.8) is 0 Å². The first kappa shape index (κ1) is 31.7. The van der Waals surface area contributed by atoms with Gasteiger partial charge in [-0.2, -0.15) is 5.26 Å². The molecule has 0 bridgehead atoms. The number of aromatic nitrogens is 1. The van der Waals surface area contributed by atoms with Crippen LogP contribution in [0, 0.1) is 11.3 Å². The fourth-order valence-electron chi connectivity index (χ4n) is 6.46. The molecule has 242 valence electrons. The molecule has 0 aliphatic carbocycles. The zero-order chi connectivity index (χ0) is 33.3. The number of sulfonamides is 1. The predicted octanol–water partition coefficient (Wildman–Crippen LogP) is 3.79. The first-order valence-electron chi connectivity index (χ1n) is 14.7. The minimum Gasteiger partial charge on any atom is -0.497 e. The highest BCUT2D eigenvalue weighted by Crippen LogP contribution is 2.54. The van der Waals surface area contributed by atoms with Crippen LogP contribution < -0.4 is 28.2 Å². The summed E-state index contributed by atoms with van der Waals surface area (Å²) in [5.74, 6) is 0.444. The van der Waals surface area contributed by atoms with E-state index in [1.807, 2.05) is 17.0 Å². The van der Waals surface area contributed by atoms with E-state index in [1.165, 1.54) is 58.8 Å². The van der Waals surface area contributed by atoms with Gasteiger partial charge in [0.15, 0.2) is 5.54 Å². The number of carbonyl (C=O) groups is 1. The summed E-state index contributed by atoms with van der Waals surface area (Å²) in [6, 6.07) is 20.0. The van der Waals surface area contributed by atoms with Gasteiger partial charge in [0.25, 0.3) is 15.9 Å². The maximum atomic E-state index is 15.4. The second kappa shape index (κ2) is 12.5. The summed E-state index contributed by atoms with van der Waals surface area (Å²) in [4.78, 5) is 23.4. The Balaban J connectivity index is 1.60. The van der Waals surface area contributed by atoms with E-state index in [9.17, 15) is 13.7 Å². The molecule has 1 amide bonds. The standard InChI is InChI=1S/C34H33N5O7S/c1-43-25-6-9-30(45-3)28(20-25)34(38-17-15-37(16-18-38)24-11-13-36-14-12-24)27-19-23(22-35)5-8-29(27)39(33(34)40)47(41,42)32-10-7-26(44-2)21-31(32)46-4/h5-14,19-21H,15-18H2,1-4H3. The molecule has 1 saturated heterocycles. The Labute approximate surface area is 273 Å². The Bertz CT molecular complexity index is 1970. The number of nitriles is 1. The van der Waals surface area contributed by atoms with Crippen molar-refractivity contribution in [2.24, 2.45) is 0 Å². The van der Waals surface area contributed by atoms with Crippen LogP contribution in [0.25, 0.3) is 0 Å². The Morgan fingerprint density at radius 2 is 1.43 bits per heavy atom. The minimum absolute atomic E-state index is 0.00905. The number of ether oxygens (including phenoxy) is 4. The average Bonchev–Trinajstić information content (AvgIpc) is 3.39. The van der Waals surface area contributed by atoms with E-state index in [-0.39, 0.29) is 21.9 Å². The SMILES string of the molecule is COc1ccc(S(=O)(=O)N2C(=O)C(c3cc(OC)ccc3OC)(N3CCN(c4ccncc4)CC3)c3cc(C#N)ccc32)c(OC)c1. The number of anilines is 2. The number of methoxy groups -OCH3 is 4. The summed E-state index contributed by atoms with van der Waals surface area (Å²) in [6.45, 7) is 1.78. The molecule has 4 aromatic rings. The van der Waals surface area contributed by atoms with Crippen LogP contribution in [0.5, 0.6) is 23.0 Å². The second-order valence-corrected chi connectivity index (χ2v) is 12.6. The molecule has 1 unspecified atom stereocenters. The predicted molar refractivity (Wildman–Crippen MR) is 174 cm³/mol. The van der Waals surface area contributed by atoms with E-state index in [0.717, 1.165) is 9.99 Å². The molecule has 0 saturated carbocycles. The molecule has 1 fully saturated rings. The number of hydrogen-bond acceptors (Lipinski definition) is 11. The molecule has 1 aromatic heterocycles. The maximum absolute atomic E-state index is 15.4. The van der Waals surface area contributed by atoms with Gasteiger partial charge in [-0.05, 0) is 60.7 Å². The van der Waals surface area contributed by atoms with Crippen molar-refractivity contribution in [3.05, 3.63) is 95.8 Å². The number of pyridine rings is 1. The number of nitrogens with zero attached hydrogens (tertiary/aromatic N) is 5. The van der Waals surface area contributed by atoms with Crippen molar-refractivity contribution in [2.75, 3.05) is 63.8 Å². The molecule has 2 aliphatic rings. The number of hydrogen-bond donors (Lipinski definition) is 0. The summed E-state index contributed by atoms with van der Waals surface area (Å²) in [7, 11) is 1.21. The lowest BCUT2D eigenvalue weighted by molar-refractivity contribution is -0.127. The van der Waals surface area contributed by atoms with Gasteiger partial charge < -0.3 is 23.8 Å². The zero-order valence-corrected chi connectivity index (χ0v) is 27.2. The summed E-state index contributed by atoms with van der Waals surface area (Å²) >= 11 is 0. The smallest absolute Gasteiger partial charge is 0.274 e. The highest BCUT2D eigenvalue weighted by atomic mass is 32.2. The topological polar surface area (TPSA) is 135 Å². The molecular weight excluding hydrogens is 622 g/mol. The molecule has 3 heterocycles. The molecule has 3 aromatic carbocycles. The van der Waals surface area contributed by atoms with Crippen LogP contribution in [0.2, 0.25) is 0 Å². The quantitative estimate of drug-likeness (QED) is 0.261. The molecule has 1 atom stereocenters. The van der Waals surface area contributed by atoms with E-state index >= 15 is 4.79 Å². The lowest BCUT2D eigenvalue weighted by Gasteiger charge is -2.46. The minimum atomic E-state index is -4.59. The normalized spacial score (nSPS) is 18.0. The lowest BCUT2D eigenvalue weighted by atomic mass is 9.80. The number of amides is 1. The van der Waals surface area contributed by atoms with Gasteiger partial charge in [-0.25, -0.2) is 12.7 Å². The Morgan fingerprint density at radius 3 is 2.06 bits per heavy atom. The molecule has 0 spiro atoms. The van der Waals surface area contributed by atoms with E-state index in [2.05, 4.69) is 16.0 Å². The van der Waals surface area contributed by atoms with Gasteiger partial charge in [0.05, 0.1) is 45.8 Å². The average molecular weight is 656 g/mol. The lowest BCUT2D eigenvalue weighted by Crippen LogP contribution is -2.60. The highest BCUT2D eigenvalue weighted by Gasteiger charge is 2.61. The van der Waals surface area contributed by atoms with Crippen LogP contribution in [0.1, 0.15) is 16.7 Å². The second-order valence-electron chi connectivity index (χ2n) is 10.9. The first-order valence-corrected chi connectivity index (χ1v) is 16.2. The van der Waals surface area contributed by atoms with Crippen LogP contribution >= 0.6 is 0 Å². The van der Waals surface area contributed by atoms with Gasteiger partial charge in [-0.3, -0.25) is 14.7 Å². The number of fused-ring (bicyclic) bond motifs is 1. The number of carbonyl (C=O) groups excluding carboxylic acids is 1. The van der Waals surface area contributed by atoms with Crippen molar-refractivity contribution >= 4 is 27.3 Å². The molecular formula is C34H33N5O7S. The largest absolute Gasteiger partial charge is 0.497 e. The van der Waals surface area contributed by atoms with Gasteiger partial charge >= 0.3 is 0 Å². The third kappa shape index (κ3) is 5.06. The molecule has 6 rings (SSSR count). The van der Waals surface area contributed by atoms with E-state index in [4.69, 9.17) is 18.9 Å². The van der Waals surface area contributed by atoms with E-state index in [1.54, 1.807) is 36.7 Å². The van der Waals surface area contributed by atoms with Crippen molar-refractivity contribution in [3.8, 4) is 29.1 Å². The number of benzene rings is 3. The van der Waals surface area contributed by atoms with Gasteiger partial charge in [-0.15, -0.1) is 0 Å². The number of rotatable bonds is 9. The summed E-state index contributed by atoms with van der Waals surface area (Å²) in [5.41, 5.74) is 0.360. The van der Waals surface area contributed by atoms with Crippen molar-refractivity contribution < 1.29 is 32.2 Å². The third-order valence-electron chi connectivity index (χ3n) is 8.70. The van der Waals surface area contributed by atoms with Crippen molar-refractivity contribution in [1.29, 1.82) is 5.26 Å². The Kier molecular flexibility index (Phi) is 8.40. The maximum Gasteiger partial charge on any atom is 0.274 e. The summed E-state index contributed by atoms with van der Waals surface area (Å²) < 4.78 is 52.4. The fraction of sp³-hybridized carbons (Fsp3) is 0.265. The van der Waals surface area contributed by atoms with Crippen molar-refractivity contribution in [2.45, 2.75) is 10.4 Å². The van der Waals surface area contributed by atoms with Crippen LogP contribution in [0.15, 0.2) is 84.0 Å². The van der Waals surface area contributed by atoms with Gasteiger partial charge in [0.1, 0.15) is 27.9 Å².